The molecule has 0 bridgehead atoms. The predicted molar refractivity (Wildman–Crippen MR) is 110 cm³/mol. The number of amides is 2. The Bertz CT molecular complexity index is 898. The van der Waals surface area contributed by atoms with Gasteiger partial charge in [0.15, 0.2) is 0 Å². The van der Waals surface area contributed by atoms with E-state index >= 15 is 0 Å². The molecule has 2 aromatic rings. The number of carbonyl (C=O) groups excluding carboxylic acids is 2. The highest BCUT2D eigenvalue weighted by Gasteiger charge is 2.39. The van der Waals surface area contributed by atoms with Crippen LogP contribution in [0.2, 0.25) is 0 Å². The summed E-state index contributed by atoms with van der Waals surface area (Å²) < 4.78 is 12.6. The average molecular weight is 412 g/mol. The van der Waals surface area contributed by atoms with E-state index in [0.717, 1.165) is 24.8 Å². The number of hydrogen-bond acceptors (Lipinski definition) is 5. The molecule has 0 spiro atoms. The number of carbonyl (C=O) groups is 2. The van der Waals surface area contributed by atoms with Gasteiger partial charge in [-0.2, -0.15) is 0 Å². The van der Waals surface area contributed by atoms with Crippen molar-refractivity contribution >= 4 is 11.8 Å². The molecule has 3 atom stereocenters. The van der Waals surface area contributed by atoms with Crippen LogP contribution in [0, 0.1) is 0 Å². The van der Waals surface area contributed by atoms with Crippen molar-refractivity contribution in [3.8, 4) is 5.88 Å². The third-order valence-electron chi connectivity index (χ3n) is 5.86. The molecule has 8 heteroatoms. The Morgan fingerprint density at radius 1 is 1.23 bits per heavy atom. The van der Waals surface area contributed by atoms with E-state index in [2.05, 4.69) is 22.5 Å². The van der Waals surface area contributed by atoms with Crippen LogP contribution < -0.4 is 10.1 Å². The van der Waals surface area contributed by atoms with Gasteiger partial charge in [-0.05, 0) is 24.8 Å². The number of rotatable bonds is 5. The SMILES string of the molecule is COc1nn(C)cc1C(=O)NC1CCCN(C(=O)[C@@H]2OCC[C@@H]2c2ccccc2)C1. The minimum Gasteiger partial charge on any atom is -0.479 e. The van der Waals surface area contributed by atoms with Gasteiger partial charge in [-0.25, -0.2) is 0 Å². The molecule has 4 rings (SSSR count). The fraction of sp³-hybridized carbons (Fsp3) is 0.500. The van der Waals surface area contributed by atoms with Crippen molar-refractivity contribution in [3.63, 3.8) is 0 Å². The van der Waals surface area contributed by atoms with Crippen molar-refractivity contribution in [3.05, 3.63) is 47.7 Å². The molecule has 2 fully saturated rings. The van der Waals surface area contributed by atoms with Gasteiger partial charge >= 0.3 is 0 Å². The predicted octanol–water partition coefficient (Wildman–Crippen LogP) is 1.72. The Hall–Kier alpha value is -2.87. The number of hydrogen-bond donors (Lipinski definition) is 1. The Balaban J connectivity index is 1.41. The zero-order valence-corrected chi connectivity index (χ0v) is 17.4. The van der Waals surface area contributed by atoms with Crippen molar-refractivity contribution in [2.45, 2.75) is 37.3 Å². The number of nitrogens with zero attached hydrogens (tertiary/aromatic N) is 3. The molecule has 1 N–H and O–H groups in total. The highest BCUT2D eigenvalue weighted by atomic mass is 16.5. The van der Waals surface area contributed by atoms with Crippen LogP contribution in [-0.4, -0.2) is 65.4 Å². The first-order chi connectivity index (χ1) is 14.6. The van der Waals surface area contributed by atoms with E-state index in [-0.39, 0.29) is 23.8 Å². The molecule has 2 aliphatic heterocycles. The van der Waals surface area contributed by atoms with Crippen molar-refractivity contribution in [1.82, 2.24) is 20.0 Å². The van der Waals surface area contributed by atoms with E-state index in [1.165, 1.54) is 7.11 Å². The fourth-order valence-corrected chi connectivity index (χ4v) is 4.39. The van der Waals surface area contributed by atoms with E-state index in [1.54, 1.807) is 17.9 Å². The van der Waals surface area contributed by atoms with Crippen molar-refractivity contribution in [1.29, 1.82) is 0 Å². The van der Waals surface area contributed by atoms with Crippen LogP contribution in [0.15, 0.2) is 36.5 Å². The van der Waals surface area contributed by atoms with Gasteiger partial charge in [0.05, 0.1) is 7.11 Å². The van der Waals surface area contributed by atoms with Gasteiger partial charge in [-0.3, -0.25) is 14.3 Å². The first-order valence-electron chi connectivity index (χ1n) is 10.4. The van der Waals surface area contributed by atoms with Crippen LogP contribution in [0.4, 0.5) is 0 Å². The van der Waals surface area contributed by atoms with Crippen LogP contribution in [0.25, 0.3) is 0 Å². The minimum atomic E-state index is -0.458. The summed E-state index contributed by atoms with van der Waals surface area (Å²) >= 11 is 0. The molecule has 0 saturated carbocycles. The molecule has 1 unspecified atom stereocenters. The second kappa shape index (κ2) is 8.87. The Labute approximate surface area is 176 Å². The maximum Gasteiger partial charge on any atom is 0.258 e. The van der Waals surface area contributed by atoms with E-state index < -0.39 is 6.10 Å². The molecule has 2 saturated heterocycles. The second-order valence-electron chi connectivity index (χ2n) is 7.92. The molecule has 30 heavy (non-hydrogen) atoms. The Morgan fingerprint density at radius 3 is 2.80 bits per heavy atom. The maximum absolute atomic E-state index is 13.2. The zero-order chi connectivity index (χ0) is 21.1. The number of methoxy groups -OCH3 is 1. The van der Waals surface area contributed by atoms with E-state index in [0.29, 0.717) is 31.1 Å². The summed E-state index contributed by atoms with van der Waals surface area (Å²) in [6.07, 6.45) is 3.68. The molecule has 3 heterocycles. The molecule has 1 aromatic carbocycles. The summed E-state index contributed by atoms with van der Waals surface area (Å²) in [6.45, 7) is 1.75. The number of piperidine rings is 1. The number of likely N-dealkylation sites (tertiary alicyclic amines) is 1. The van der Waals surface area contributed by atoms with Gasteiger partial charge in [-0.15, -0.1) is 5.10 Å². The molecular weight excluding hydrogens is 384 g/mol. The molecule has 2 aliphatic rings. The lowest BCUT2D eigenvalue weighted by atomic mass is 9.91. The largest absolute Gasteiger partial charge is 0.479 e. The van der Waals surface area contributed by atoms with Crippen LogP contribution in [0.3, 0.4) is 0 Å². The molecule has 160 valence electrons. The number of benzene rings is 1. The molecule has 1 aromatic heterocycles. The van der Waals surface area contributed by atoms with Gasteiger partial charge in [0.1, 0.15) is 11.7 Å². The smallest absolute Gasteiger partial charge is 0.258 e. The molecule has 2 amide bonds. The maximum atomic E-state index is 13.2. The molecule has 8 nitrogen and oxygen atoms in total. The first-order valence-corrected chi connectivity index (χ1v) is 10.4. The highest BCUT2D eigenvalue weighted by Crippen LogP contribution is 2.33. The van der Waals surface area contributed by atoms with Gasteiger partial charge in [0.25, 0.3) is 11.8 Å². The molecule has 0 aliphatic carbocycles. The van der Waals surface area contributed by atoms with Crippen LogP contribution in [0.1, 0.15) is 41.1 Å². The topological polar surface area (TPSA) is 85.7 Å². The van der Waals surface area contributed by atoms with Crippen LogP contribution in [0.5, 0.6) is 5.88 Å². The quantitative estimate of drug-likeness (QED) is 0.808. The zero-order valence-electron chi connectivity index (χ0n) is 17.4. The third kappa shape index (κ3) is 4.18. The van der Waals surface area contributed by atoms with E-state index in [9.17, 15) is 9.59 Å². The van der Waals surface area contributed by atoms with E-state index in [1.807, 2.05) is 23.1 Å². The third-order valence-corrected chi connectivity index (χ3v) is 5.86. The van der Waals surface area contributed by atoms with Gasteiger partial charge < -0.3 is 19.7 Å². The number of aryl methyl sites for hydroxylation is 1. The number of aromatic nitrogens is 2. The molecular formula is C22H28N4O4. The van der Waals surface area contributed by atoms with Crippen molar-refractivity contribution in [2.24, 2.45) is 7.05 Å². The lowest BCUT2D eigenvalue weighted by Gasteiger charge is -2.35. The summed E-state index contributed by atoms with van der Waals surface area (Å²) in [5.74, 6) is 0.148. The lowest BCUT2D eigenvalue weighted by Crippen LogP contribution is -2.52. The average Bonchev–Trinajstić information content (AvgIpc) is 3.40. The van der Waals surface area contributed by atoms with E-state index in [4.69, 9.17) is 9.47 Å². The summed E-state index contributed by atoms with van der Waals surface area (Å²) in [5.41, 5.74) is 1.53. The van der Waals surface area contributed by atoms with Gasteiger partial charge in [-0.1, -0.05) is 30.3 Å². The lowest BCUT2D eigenvalue weighted by molar-refractivity contribution is -0.142. The second-order valence-corrected chi connectivity index (χ2v) is 7.92. The Kier molecular flexibility index (Phi) is 6.03. The summed E-state index contributed by atoms with van der Waals surface area (Å²) in [6, 6.07) is 9.96. The summed E-state index contributed by atoms with van der Waals surface area (Å²) in [7, 11) is 3.23. The van der Waals surface area contributed by atoms with Gasteiger partial charge in [0, 0.05) is 44.9 Å². The van der Waals surface area contributed by atoms with Crippen molar-refractivity contribution < 1.29 is 19.1 Å². The van der Waals surface area contributed by atoms with Gasteiger partial charge in [0.2, 0.25) is 5.88 Å². The fourth-order valence-electron chi connectivity index (χ4n) is 4.39. The monoisotopic (exact) mass is 412 g/mol. The number of ether oxygens (including phenoxy) is 2. The summed E-state index contributed by atoms with van der Waals surface area (Å²) in [5, 5.41) is 7.16. The Morgan fingerprint density at radius 2 is 2.03 bits per heavy atom. The normalized spacial score (nSPS) is 23.9. The van der Waals surface area contributed by atoms with Crippen LogP contribution in [-0.2, 0) is 16.6 Å². The minimum absolute atomic E-state index is 0.0132. The standard InChI is InChI=1S/C22H28N4O4/c1-25-14-18(21(24-25)29-2)20(27)23-16-9-6-11-26(13-16)22(28)19-17(10-12-30-19)15-7-4-3-5-8-15/h3-5,7-8,14,16-17,19H,6,9-13H2,1-2H3,(H,23,27)/t16?,17-,19-/m1/s1. The van der Waals surface area contributed by atoms with Crippen LogP contribution >= 0.6 is 0 Å². The van der Waals surface area contributed by atoms with Crippen molar-refractivity contribution in [2.75, 3.05) is 26.8 Å². The summed E-state index contributed by atoms with van der Waals surface area (Å²) in [4.78, 5) is 27.8. The first kappa shape index (κ1) is 20.4. The highest BCUT2D eigenvalue weighted by molar-refractivity contribution is 5.96. The number of nitrogens with one attached hydrogen (secondary N) is 1. The molecule has 0 radical (unpaired) electrons.